The first kappa shape index (κ1) is 9.46. The molecule has 1 aromatic carbocycles. The average molecular weight is 195 g/mol. The van der Waals surface area contributed by atoms with Gasteiger partial charge in [0.2, 0.25) is 0 Å². The summed E-state index contributed by atoms with van der Waals surface area (Å²) in [4.78, 5) is 0. The lowest BCUT2D eigenvalue weighted by molar-refractivity contribution is 0.244. The van der Waals surface area contributed by atoms with Gasteiger partial charge in [-0.15, -0.1) is 0 Å². The summed E-state index contributed by atoms with van der Waals surface area (Å²) in [5.41, 5.74) is 6.74. The van der Waals surface area contributed by atoms with E-state index >= 15 is 0 Å². The summed E-state index contributed by atoms with van der Waals surface area (Å²) < 4.78 is 13.5. The number of phenols is 1. The molecule has 76 valence electrons. The van der Waals surface area contributed by atoms with Crippen LogP contribution < -0.4 is 5.73 Å². The third-order valence-corrected chi connectivity index (χ3v) is 3.07. The molecule has 1 saturated carbocycles. The van der Waals surface area contributed by atoms with Crippen LogP contribution in [0.25, 0.3) is 0 Å². The monoisotopic (exact) mass is 195 g/mol. The number of nitrogens with two attached hydrogens (primary N) is 1. The third-order valence-electron chi connectivity index (χ3n) is 3.07. The maximum Gasteiger partial charge on any atom is 0.131 e. The van der Waals surface area contributed by atoms with Gasteiger partial charge in [0.25, 0.3) is 0 Å². The molecule has 0 saturated heterocycles. The van der Waals surface area contributed by atoms with Crippen LogP contribution in [0.5, 0.6) is 5.75 Å². The predicted octanol–water partition coefficient (Wildman–Crippen LogP) is 2.18. The summed E-state index contributed by atoms with van der Waals surface area (Å²) >= 11 is 0. The van der Waals surface area contributed by atoms with E-state index in [1.54, 1.807) is 13.0 Å². The molecule has 0 atom stereocenters. The second-order valence-corrected chi connectivity index (χ2v) is 4.13. The van der Waals surface area contributed by atoms with Crippen molar-refractivity contribution in [3.05, 3.63) is 29.1 Å². The van der Waals surface area contributed by atoms with Crippen molar-refractivity contribution in [2.45, 2.75) is 31.7 Å². The van der Waals surface area contributed by atoms with Gasteiger partial charge in [-0.05, 0) is 37.8 Å². The van der Waals surface area contributed by atoms with Gasteiger partial charge < -0.3 is 10.8 Å². The Balaban J connectivity index is 2.48. The van der Waals surface area contributed by atoms with E-state index in [1.165, 1.54) is 0 Å². The van der Waals surface area contributed by atoms with Crippen molar-refractivity contribution in [1.29, 1.82) is 0 Å². The number of halogens is 1. The van der Waals surface area contributed by atoms with Gasteiger partial charge in [0, 0.05) is 17.2 Å². The number of aryl methyl sites for hydroxylation is 1. The van der Waals surface area contributed by atoms with E-state index in [1.807, 2.05) is 0 Å². The average Bonchev–Trinajstić information content (AvgIpc) is 2.07. The van der Waals surface area contributed by atoms with Crippen molar-refractivity contribution >= 4 is 0 Å². The molecule has 1 aromatic rings. The SMILES string of the molecule is Cc1cc(C2(N)CCC2)c(F)cc1O. The lowest BCUT2D eigenvalue weighted by Crippen LogP contribution is -2.44. The quantitative estimate of drug-likeness (QED) is 0.721. The maximum absolute atomic E-state index is 13.5. The fourth-order valence-corrected chi connectivity index (χ4v) is 1.88. The first-order chi connectivity index (χ1) is 6.53. The van der Waals surface area contributed by atoms with Crippen molar-refractivity contribution < 1.29 is 9.50 Å². The van der Waals surface area contributed by atoms with Gasteiger partial charge in [-0.1, -0.05) is 0 Å². The largest absolute Gasteiger partial charge is 0.508 e. The van der Waals surface area contributed by atoms with Gasteiger partial charge in [0.1, 0.15) is 11.6 Å². The van der Waals surface area contributed by atoms with E-state index in [4.69, 9.17) is 5.73 Å². The molecule has 0 radical (unpaired) electrons. The van der Waals surface area contributed by atoms with Crippen molar-refractivity contribution in [3.8, 4) is 5.75 Å². The van der Waals surface area contributed by atoms with Gasteiger partial charge in [0.15, 0.2) is 0 Å². The summed E-state index contributed by atoms with van der Waals surface area (Å²) in [7, 11) is 0. The van der Waals surface area contributed by atoms with E-state index < -0.39 is 11.4 Å². The second kappa shape index (κ2) is 2.95. The smallest absolute Gasteiger partial charge is 0.131 e. The summed E-state index contributed by atoms with van der Waals surface area (Å²) in [6.45, 7) is 1.75. The van der Waals surface area contributed by atoms with Crippen LogP contribution in [0.1, 0.15) is 30.4 Å². The maximum atomic E-state index is 13.5. The molecule has 2 rings (SSSR count). The molecule has 1 aliphatic carbocycles. The van der Waals surface area contributed by atoms with Crippen LogP contribution in [0.3, 0.4) is 0 Å². The lowest BCUT2D eigenvalue weighted by atomic mass is 9.72. The number of rotatable bonds is 1. The van der Waals surface area contributed by atoms with Crippen molar-refractivity contribution in [2.24, 2.45) is 5.73 Å². The predicted molar refractivity (Wildman–Crippen MR) is 52.5 cm³/mol. The minimum atomic E-state index is -0.497. The van der Waals surface area contributed by atoms with E-state index in [0.717, 1.165) is 25.3 Å². The summed E-state index contributed by atoms with van der Waals surface area (Å²) in [6.07, 6.45) is 2.71. The highest BCUT2D eigenvalue weighted by Crippen LogP contribution is 2.41. The van der Waals surface area contributed by atoms with Crippen molar-refractivity contribution in [2.75, 3.05) is 0 Å². The molecule has 1 fully saturated rings. The third kappa shape index (κ3) is 1.28. The Morgan fingerprint density at radius 3 is 2.57 bits per heavy atom. The van der Waals surface area contributed by atoms with Crippen LogP contribution in [0, 0.1) is 12.7 Å². The Morgan fingerprint density at radius 2 is 2.07 bits per heavy atom. The number of aromatic hydroxyl groups is 1. The molecule has 0 heterocycles. The Morgan fingerprint density at radius 1 is 1.43 bits per heavy atom. The molecule has 0 aromatic heterocycles. The lowest BCUT2D eigenvalue weighted by Gasteiger charge is -2.39. The number of phenolic OH excluding ortho intramolecular Hbond substituents is 1. The zero-order chi connectivity index (χ0) is 10.3. The first-order valence-corrected chi connectivity index (χ1v) is 4.81. The van der Waals surface area contributed by atoms with E-state index in [-0.39, 0.29) is 5.75 Å². The Bertz CT molecular complexity index is 372. The van der Waals surface area contributed by atoms with Crippen LogP contribution in [-0.2, 0) is 5.54 Å². The summed E-state index contributed by atoms with van der Waals surface area (Å²) in [5, 5.41) is 9.30. The fraction of sp³-hybridized carbons (Fsp3) is 0.455. The van der Waals surface area contributed by atoms with Crippen LogP contribution in [0.2, 0.25) is 0 Å². The molecule has 0 aliphatic heterocycles. The van der Waals surface area contributed by atoms with Crippen LogP contribution in [0.15, 0.2) is 12.1 Å². The zero-order valence-electron chi connectivity index (χ0n) is 8.18. The first-order valence-electron chi connectivity index (χ1n) is 4.81. The summed E-state index contributed by atoms with van der Waals surface area (Å²) in [5.74, 6) is -0.399. The van der Waals surface area contributed by atoms with Crippen molar-refractivity contribution in [1.82, 2.24) is 0 Å². The number of hydrogen-bond acceptors (Lipinski definition) is 2. The molecule has 14 heavy (non-hydrogen) atoms. The van der Waals surface area contributed by atoms with Crippen LogP contribution >= 0.6 is 0 Å². The van der Waals surface area contributed by atoms with Gasteiger partial charge in [0.05, 0.1) is 0 Å². The normalized spacial score (nSPS) is 19.1. The highest BCUT2D eigenvalue weighted by Gasteiger charge is 2.36. The van der Waals surface area contributed by atoms with Crippen molar-refractivity contribution in [3.63, 3.8) is 0 Å². The molecule has 0 spiro atoms. The molecule has 2 nitrogen and oxygen atoms in total. The van der Waals surface area contributed by atoms with Gasteiger partial charge in [-0.3, -0.25) is 0 Å². The van der Waals surface area contributed by atoms with E-state index in [0.29, 0.717) is 11.1 Å². The molecule has 3 heteroatoms. The molecular weight excluding hydrogens is 181 g/mol. The van der Waals surface area contributed by atoms with Crippen LogP contribution in [0.4, 0.5) is 4.39 Å². The highest BCUT2D eigenvalue weighted by atomic mass is 19.1. The van der Waals surface area contributed by atoms with Gasteiger partial charge in [-0.2, -0.15) is 0 Å². The standard InChI is InChI=1S/C11H14FNO/c1-7-5-8(9(12)6-10(7)14)11(13)3-2-4-11/h5-6,14H,2-4,13H2,1H3. The van der Waals surface area contributed by atoms with E-state index in [2.05, 4.69) is 0 Å². The summed E-state index contributed by atoms with van der Waals surface area (Å²) in [6, 6.07) is 2.81. The Hall–Kier alpha value is -1.09. The molecule has 0 amide bonds. The highest BCUT2D eigenvalue weighted by molar-refractivity contribution is 5.40. The topological polar surface area (TPSA) is 46.2 Å². The molecular formula is C11H14FNO. The minimum absolute atomic E-state index is 0.00539. The fourth-order valence-electron chi connectivity index (χ4n) is 1.88. The van der Waals surface area contributed by atoms with E-state index in [9.17, 15) is 9.50 Å². The van der Waals surface area contributed by atoms with Crippen LogP contribution in [-0.4, -0.2) is 5.11 Å². The minimum Gasteiger partial charge on any atom is -0.508 e. The van der Waals surface area contributed by atoms with Gasteiger partial charge in [-0.25, -0.2) is 4.39 Å². The second-order valence-electron chi connectivity index (χ2n) is 4.13. The Labute approximate surface area is 82.5 Å². The molecule has 0 bridgehead atoms. The molecule has 0 unspecified atom stereocenters. The number of hydrogen-bond donors (Lipinski definition) is 2. The molecule has 3 N–H and O–H groups in total. The number of benzene rings is 1. The Kier molecular flexibility index (Phi) is 2.00. The zero-order valence-corrected chi connectivity index (χ0v) is 8.18. The molecule has 1 aliphatic rings. The van der Waals surface area contributed by atoms with Gasteiger partial charge >= 0.3 is 0 Å².